The zero-order valence-corrected chi connectivity index (χ0v) is 23.4. The highest BCUT2D eigenvalue weighted by atomic mass is 35.5. The number of sulfonamides is 1. The minimum absolute atomic E-state index is 0.132. The van der Waals surface area contributed by atoms with Gasteiger partial charge in [0.15, 0.2) is 0 Å². The largest absolute Gasteiger partial charge is 0.351 e. The molecule has 8 nitrogen and oxygen atoms in total. The monoisotopic (exact) mass is 563 g/mol. The zero-order valence-electron chi connectivity index (χ0n) is 21.1. The zero-order chi connectivity index (χ0) is 26.8. The molecule has 37 heavy (non-hydrogen) atoms. The lowest BCUT2D eigenvalue weighted by Crippen LogP contribution is -2.54. The first-order valence-corrected chi connectivity index (χ1v) is 14.7. The van der Waals surface area contributed by atoms with Crippen molar-refractivity contribution in [1.29, 1.82) is 0 Å². The van der Waals surface area contributed by atoms with Crippen LogP contribution in [0.1, 0.15) is 31.4 Å². The van der Waals surface area contributed by atoms with Crippen molar-refractivity contribution < 1.29 is 13.2 Å². The van der Waals surface area contributed by atoms with Crippen molar-refractivity contribution in [2.75, 3.05) is 32.4 Å². The third-order valence-electron chi connectivity index (χ3n) is 7.05. The summed E-state index contributed by atoms with van der Waals surface area (Å²) >= 11 is 12.5. The van der Waals surface area contributed by atoms with Gasteiger partial charge in [-0.15, -0.1) is 0 Å². The summed E-state index contributed by atoms with van der Waals surface area (Å²) in [6, 6.07) is 10.9. The SMILES string of the molecule is CC1CN(CCC(C)(C(=O)NCc2ccc3nccnc3c2)c2ccc(Cl)c(Cl)c2)CCN1S(C)(=O)=O. The molecule has 2 atom stereocenters. The number of hydrogen-bond acceptors (Lipinski definition) is 6. The Labute approximate surface area is 228 Å². The van der Waals surface area contributed by atoms with E-state index in [9.17, 15) is 13.2 Å². The lowest BCUT2D eigenvalue weighted by Gasteiger charge is -2.40. The van der Waals surface area contributed by atoms with E-state index in [1.807, 2.05) is 38.1 Å². The van der Waals surface area contributed by atoms with Gasteiger partial charge in [0.2, 0.25) is 15.9 Å². The molecule has 2 heterocycles. The van der Waals surface area contributed by atoms with Crippen LogP contribution in [0.25, 0.3) is 11.0 Å². The molecular weight excluding hydrogens is 533 g/mol. The van der Waals surface area contributed by atoms with Crippen LogP contribution in [0.4, 0.5) is 0 Å². The Morgan fingerprint density at radius 3 is 2.49 bits per heavy atom. The summed E-state index contributed by atoms with van der Waals surface area (Å²) in [6.07, 6.45) is 5.05. The summed E-state index contributed by atoms with van der Waals surface area (Å²) in [7, 11) is -3.25. The average molecular weight is 565 g/mol. The van der Waals surface area contributed by atoms with Crippen LogP contribution < -0.4 is 5.32 Å². The Morgan fingerprint density at radius 2 is 1.81 bits per heavy atom. The van der Waals surface area contributed by atoms with Gasteiger partial charge in [-0.1, -0.05) is 35.3 Å². The van der Waals surface area contributed by atoms with Gasteiger partial charge in [0, 0.05) is 44.6 Å². The molecule has 2 unspecified atom stereocenters. The summed E-state index contributed by atoms with van der Waals surface area (Å²) in [5.74, 6) is -0.132. The van der Waals surface area contributed by atoms with Gasteiger partial charge in [-0.3, -0.25) is 14.8 Å². The lowest BCUT2D eigenvalue weighted by atomic mass is 9.78. The third-order valence-corrected chi connectivity index (χ3v) is 9.18. The molecule has 1 amide bonds. The Bertz CT molecular complexity index is 1400. The van der Waals surface area contributed by atoms with E-state index in [0.29, 0.717) is 49.2 Å². The van der Waals surface area contributed by atoms with E-state index in [1.54, 1.807) is 24.5 Å². The van der Waals surface area contributed by atoms with Crippen LogP contribution in [-0.2, 0) is 26.8 Å². The second-order valence-electron chi connectivity index (χ2n) is 9.80. The van der Waals surface area contributed by atoms with E-state index in [4.69, 9.17) is 23.2 Å². The number of amides is 1. The molecule has 3 aromatic rings. The van der Waals surface area contributed by atoms with Crippen molar-refractivity contribution in [3.8, 4) is 0 Å². The van der Waals surface area contributed by atoms with Crippen molar-refractivity contribution >= 4 is 50.2 Å². The molecule has 198 valence electrons. The second-order valence-corrected chi connectivity index (χ2v) is 12.5. The molecule has 0 bridgehead atoms. The number of fused-ring (bicyclic) bond motifs is 1. The van der Waals surface area contributed by atoms with Crippen molar-refractivity contribution in [1.82, 2.24) is 24.5 Å². The number of nitrogens with zero attached hydrogens (tertiary/aromatic N) is 4. The van der Waals surface area contributed by atoms with Gasteiger partial charge in [0.1, 0.15) is 0 Å². The normalized spacial score (nSPS) is 19.0. The predicted octanol–water partition coefficient (Wildman–Crippen LogP) is 3.87. The minimum atomic E-state index is -3.25. The summed E-state index contributed by atoms with van der Waals surface area (Å²) < 4.78 is 25.6. The van der Waals surface area contributed by atoms with Crippen LogP contribution in [0.2, 0.25) is 10.0 Å². The molecular formula is C26H31Cl2N5O3S. The maximum Gasteiger partial charge on any atom is 0.230 e. The van der Waals surface area contributed by atoms with Gasteiger partial charge in [-0.2, -0.15) is 4.31 Å². The predicted molar refractivity (Wildman–Crippen MR) is 147 cm³/mol. The quantitative estimate of drug-likeness (QED) is 0.447. The fraction of sp³-hybridized carbons (Fsp3) is 0.423. The molecule has 0 saturated carbocycles. The Hall–Kier alpha value is -2.30. The maximum atomic E-state index is 13.7. The Balaban J connectivity index is 1.51. The smallest absolute Gasteiger partial charge is 0.230 e. The molecule has 4 rings (SSSR count). The minimum Gasteiger partial charge on any atom is -0.351 e. The summed E-state index contributed by atoms with van der Waals surface area (Å²) in [6.45, 7) is 6.42. The van der Waals surface area contributed by atoms with E-state index < -0.39 is 15.4 Å². The molecule has 1 aliphatic rings. The number of benzene rings is 2. The van der Waals surface area contributed by atoms with Gasteiger partial charge in [0.05, 0.1) is 32.7 Å². The molecule has 1 N–H and O–H groups in total. The van der Waals surface area contributed by atoms with Gasteiger partial charge < -0.3 is 10.2 Å². The molecule has 1 saturated heterocycles. The molecule has 0 spiro atoms. The van der Waals surface area contributed by atoms with Crippen LogP contribution in [0.3, 0.4) is 0 Å². The number of carbonyl (C=O) groups is 1. The molecule has 2 aromatic carbocycles. The first-order chi connectivity index (χ1) is 17.5. The van der Waals surface area contributed by atoms with E-state index in [1.165, 1.54) is 10.6 Å². The second kappa shape index (κ2) is 11.2. The first-order valence-electron chi connectivity index (χ1n) is 12.1. The molecule has 1 aromatic heterocycles. The van der Waals surface area contributed by atoms with Crippen LogP contribution >= 0.6 is 23.2 Å². The highest BCUT2D eigenvalue weighted by Gasteiger charge is 2.37. The van der Waals surface area contributed by atoms with E-state index in [0.717, 1.165) is 22.2 Å². The van der Waals surface area contributed by atoms with Crippen molar-refractivity contribution in [3.05, 3.63) is 70.0 Å². The molecule has 0 aliphatic carbocycles. The Morgan fingerprint density at radius 1 is 1.08 bits per heavy atom. The fourth-order valence-corrected chi connectivity index (χ4v) is 6.25. The number of carbonyl (C=O) groups excluding carboxylic acids is 1. The number of nitrogens with one attached hydrogen (secondary N) is 1. The highest BCUT2D eigenvalue weighted by Crippen LogP contribution is 2.33. The summed E-state index contributed by atoms with van der Waals surface area (Å²) in [5, 5.41) is 3.91. The van der Waals surface area contributed by atoms with Gasteiger partial charge in [0.25, 0.3) is 0 Å². The number of aromatic nitrogens is 2. The van der Waals surface area contributed by atoms with Crippen molar-refractivity contribution in [2.24, 2.45) is 0 Å². The molecule has 11 heteroatoms. The maximum absolute atomic E-state index is 13.7. The Kier molecular flexibility index (Phi) is 8.40. The standard InChI is InChI=1S/C26H31Cl2N5O3S/c1-18-17-32(12-13-33(18)37(3,35)36)11-8-26(2,20-5-6-21(27)22(28)15-20)25(34)31-16-19-4-7-23-24(14-19)30-10-9-29-23/h4-7,9-10,14-15,18H,8,11-13,16-17H2,1-3H3,(H,31,34). The number of piperazine rings is 1. The molecule has 1 aliphatic heterocycles. The van der Waals surface area contributed by atoms with Crippen LogP contribution in [0.5, 0.6) is 0 Å². The van der Waals surface area contributed by atoms with Gasteiger partial charge >= 0.3 is 0 Å². The van der Waals surface area contributed by atoms with Crippen LogP contribution in [0.15, 0.2) is 48.8 Å². The van der Waals surface area contributed by atoms with Gasteiger partial charge in [-0.25, -0.2) is 8.42 Å². The highest BCUT2D eigenvalue weighted by molar-refractivity contribution is 7.88. The lowest BCUT2D eigenvalue weighted by molar-refractivity contribution is -0.126. The van der Waals surface area contributed by atoms with E-state index in [2.05, 4.69) is 20.2 Å². The first kappa shape index (κ1) is 27.7. The summed E-state index contributed by atoms with van der Waals surface area (Å²) in [4.78, 5) is 24.5. The van der Waals surface area contributed by atoms with Gasteiger partial charge in [-0.05, 0) is 62.2 Å². The summed E-state index contributed by atoms with van der Waals surface area (Å²) in [5.41, 5.74) is 2.37. The van der Waals surface area contributed by atoms with E-state index >= 15 is 0 Å². The topological polar surface area (TPSA) is 95.5 Å². The van der Waals surface area contributed by atoms with Crippen LogP contribution in [0, 0.1) is 0 Å². The molecule has 0 radical (unpaired) electrons. The number of halogens is 2. The number of hydrogen-bond donors (Lipinski definition) is 1. The van der Waals surface area contributed by atoms with E-state index in [-0.39, 0.29) is 11.9 Å². The van der Waals surface area contributed by atoms with Crippen LogP contribution in [-0.4, -0.2) is 72.0 Å². The fourth-order valence-electron chi connectivity index (χ4n) is 4.82. The number of rotatable bonds is 8. The third kappa shape index (κ3) is 6.41. The molecule has 1 fully saturated rings. The average Bonchev–Trinajstić information content (AvgIpc) is 2.86. The van der Waals surface area contributed by atoms with Crippen molar-refractivity contribution in [2.45, 2.75) is 38.3 Å². The van der Waals surface area contributed by atoms with Crippen molar-refractivity contribution in [3.63, 3.8) is 0 Å².